The minimum absolute atomic E-state index is 0.00728. The molecule has 182 valence electrons. The zero-order valence-electron chi connectivity index (χ0n) is 19.3. The molecule has 0 aromatic heterocycles. The van der Waals surface area contributed by atoms with Crippen LogP contribution in [-0.2, 0) is 19.4 Å². The van der Waals surface area contributed by atoms with E-state index in [9.17, 15) is 13.2 Å². The third kappa shape index (κ3) is 7.26. The van der Waals surface area contributed by atoms with E-state index in [1.807, 2.05) is 24.3 Å². The molecule has 0 aliphatic rings. The van der Waals surface area contributed by atoms with Gasteiger partial charge in [-0.1, -0.05) is 44.2 Å². The number of halogens is 1. The number of benzene rings is 2. The number of rotatable bonds is 8. The maximum absolute atomic E-state index is 12.0. The fourth-order valence-corrected chi connectivity index (χ4v) is 4.38. The number of aliphatic imine (C=N–C) groups is 2. The molecule has 0 radical (unpaired) electrons. The van der Waals surface area contributed by atoms with Crippen LogP contribution >= 0.6 is 27.9 Å². The van der Waals surface area contributed by atoms with Gasteiger partial charge in [-0.25, -0.2) is 18.2 Å². The second kappa shape index (κ2) is 12.3. The van der Waals surface area contributed by atoms with Crippen LogP contribution in [0.2, 0.25) is 0 Å². The second-order valence-electron chi connectivity index (χ2n) is 7.53. The molecule has 2 rings (SSSR count). The molecular formula is C23H27BrN4O4S2. The van der Waals surface area contributed by atoms with E-state index in [4.69, 9.17) is 20.6 Å². The predicted molar refractivity (Wildman–Crippen MR) is 143 cm³/mol. The first-order chi connectivity index (χ1) is 16.0. The highest BCUT2D eigenvalue weighted by molar-refractivity contribution is 9.12. The van der Waals surface area contributed by atoms with Crippen molar-refractivity contribution in [2.75, 3.05) is 19.9 Å². The topological polar surface area (TPSA) is 137 Å². The summed E-state index contributed by atoms with van der Waals surface area (Å²) in [6.45, 7) is 4.11. The van der Waals surface area contributed by atoms with Gasteiger partial charge in [-0.05, 0) is 57.6 Å². The van der Waals surface area contributed by atoms with Crippen LogP contribution in [0.3, 0.4) is 0 Å². The Hall–Kier alpha value is -2.47. The number of methoxy groups -OCH3 is 1. The molecule has 4 N–H and O–H groups in total. The summed E-state index contributed by atoms with van der Waals surface area (Å²) in [5.41, 5.74) is 8.45. The zero-order valence-corrected chi connectivity index (χ0v) is 22.5. The Kier molecular flexibility index (Phi) is 10.0. The van der Waals surface area contributed by atoms with Gasteiger partial charge in [-0.3, -0.25) is 10.1 Å². The number of nitrogens with zero attached hydrogens (tertiary/aromatic N) is 2. The Balaban J connectivity index is 2.61. The number of sulfone groups is 1. The SMILES string of the molecule is COC(=O)/C(N)=C(\Br)C(CN=C(SN)c1cccc(S(C)(=O)=O)c1)=Nc1ccccc1C(C)C. The molecule has 34 heavy (non-hydrogen) atoms. The highest BCUT2D eigenvalue weighted by atomic mass is 79.9. The molecule has 11 heteroatoms. The van der Waals surface area contributed by atoms with Crippen molar-refractivity contribution in [1.82, 2.24) is 0 Å². The van der Waals surface area contributed by atoms with Crippen LogP contribution in [0.4, 0.5) is 5.69 Å². The van der Waals surface area contributed by atoms with Crippen molar-refractivity contribution in [3.05, 3.63) is 69.8 Å². The number of nitrogens with two attached hydrogens (primary N) is 2. The van der Waals surface area contributed by atoms with E-state index in [0.717, 1.165) is 23.8 Å². The summed E-state index contributed by atoms with van der Waals surface area (Å²) in [6, 6.07) is 14.0. The van der Waals surface area contributed by atoms with Crippen LogP contribution in [0, 0.1) is 0 Å². The third-order valence-corrected chi connectivity index (χ3v) is 7.29. The lowest BCUT2D eigenvalue weighted by Gasteiger charge is -2.12. The Morgan fingerprint density at radius 1 is 1.18 bits per heavy atom. The van der Waals surface area contributed by atoms with Crippen LogP contribution in [-0.4, -0.2) is 45.1 Å². The molecule has 2 aromatic carbocycles. The second-order valence-corrected chi connectivity index (χ2v) is 11.0. The molecule has 0 saturated heterocycles. The maximum Gasteiger partial charge on any atom is 0.355 e. The minimum atomic E-state index is -3.40. The van der Waals surface area contributed by atoms with Gasteiger partial charge in [-0.2, -0.15) is 0 Å². The lowest BCUT2D eigenvalue weighted by atomic mass is 10.0. The fraction of sp³-hybridized carbons (Fsp3) is 0.261. The summed E-state index contributed by atoms with van der Waals surface area (Å²) in [5.74, 6) is -0.505. The van der Waals surface area contributed by atoms with Crippen molar-refractivity contribution in [3.8, 4) is 0 Å². The van der Waals surface area contributed by atoms with E-state index < -0.39 is 15.8 Å². The van der Waals surface area contributed by atoms with Gasteiger partial charge in [0.2, 0.25) is 0 Å². The van der Waals surface area contributed by atoms with Gasteiger partial charge in [0.15, 0.2) is 9.84 Å². The molecule has 0 atom stereocenters. The van der Waals surface area contributed by atoms with Crippen LogP contribution in [0.1, 0.15) is 30.9 Å². The fourth-order valence-electron chi connectivity index (χ4n) is 2.93. The molecule has 0 unspecified atom stereocenters. The smallest absolute Gasteiger partial charge is 0.355 e. The van der Waals surface area contributed by atoms with Crippen LogP contribution < -0.4 is 10.9 Å². The third-order valence-electron chi connectivity index (χ3n) is 4.70. The number of hydrogen-bond acceptors (Lipinski definition) is 9. The number of hydrogen-bond donors (Lipinski definition) is 2. The van der Waals surface area contributed by atoms with E-state index in [1.165, 1.54) is 19.2 Å². The largest absolute Gasteiger partial charge is 0.464 e. The number of carbonyl (C=O) groups excluding carboxylic acids is 1. The quantitative estimate of drug-likeness (QED) is 0.161. The van der Waals surface area contributed by atoms with Crippen molar-refractivity contribution < 1.29 is 17.9 Å². The minimum Gasteiger partial charge on any atom is -0.464 e. The Morgan fingerprint density at radius 2 is 1.85 bits per heavy atom. The van der Waals surface area contributed by atoms with Crippen molar-refractivity contribution in [2.24, 2.45) is 20.9 Å². The number of esters is 1. The molecule has 0 spiro atoms. The van der Waals surface area contributed by atoms with Gasteiger partial charge < -0.3 is 10.5 Å². The molecule has 8 nitrogen and oxygen atoms in total. The van der Waals surface area contributed by atoms with Gasteiger partial charge in [0.05, 0.1) is 34.4 Å². The highest BCUT2D eigenvalue weighted by Crippen LogP contribution is 2.28. The molecule has 0 saturated carbocycles. The van der Waals surface area contributed by atoms with Crippen molar-refractivity contribution in [3.63, 3.8) is 0 Å². The standard InChI is InChI=1S/C23H27BrN4O4S2/c1-14(2)17-10-5-6-11-18(17)28-19(20(24)21(25)23(29)32-3)13-27-22(33-26)15-8-7-9-16(12-15)34(4,30)31/h5-12,14H,13,25-26H2,1-4H3/b21-20+,27-22?,28-19?. The zero-order chi connectivity index (χ0) is 25.5. The van der Waals surface area contributed by atoms with E-state index in [0.29, 0.717) is 22.0 Å². The molecule has 2 aromatic rings. The normalized spacial score (nSPS) is 13.6. The van der Waals surface area contributed by atoms with Crippen LogP contribution in [0.15, 0.2) is 73.6 Å². The first kappa shape index (κ1) is 27.8. The lowest BCUT2D eigenvalue weighted by molar-refractivity contribution is -0.136. The molecule has 0 aliphatic carbocycles. The summed E-state index contributed by atoms with van der Waals surface area (Å²) in [7, 11) is -2.17. The maximum atomic E-state index is 12.0. The summed E-state index contributed by atoms with van der Waals surface area (Å²) >= 11 is 4.25. The molecule has 0 bridgehead atoms. The first-order valence-electron chi connectivity index (χ1n) is 10.1. The Bertz CT molecular complexity index is 1260. The highest BCUT2D eigenvalue weighted by Gasteiger charge is 2.17. The number of carbonyl (C=O) groups is 1. The summed E-state index contributed by atoms with van der Waals surface area (Å²) in [4.78, 5) is 21.5. The molecule has 0 aliphatic heterocycles. The van der Waals surface area contributed by atoms with Crippen LogP contribution in [0.5, 0.6) is 0 Å². The van der Waals surface area contributed by atoms with Gasteiger partial charge >= 0.3 is 5.97 Å². The lowest BCUT2D eigenvalue weighted by Crippen LogP contribution is -2.19. The van der Waals surface area contributed by atoms with E-state index in [-0.39, 0.29) is 27.5 Å². The first-order valence-corrected chi connectivity index (χ1v) is 13.7. The van der Waals surface area contributed by atoms with Crippen molar-refractivity contribution >= 4 is 60.1 Å². The van der Waals surface area contributed by atoms with Gasteiger partial charge in [0.1, 0.15) is 10.7 Å². The molecule has 0 fully saturated rings. The average Bonchev–Trinajstić information content (AvgIpc) is 2.82. The van der Waals surface area contributed by atoms with E-state index >= 15 is 0 Å². The molecule has 0 amide bonds. The van der Waals surface area contributed by atoms with Crippen molar-refractivity contribution in [2.45, 2.75) is 24.7 Å². The predicted octanol–water partition coefficient (Wildman–Crippen LogP) is 4.08. The van der Waals surface area contributed by atoms with Gasteiger partial charge in [0.25, 0.3) is 0 Å². The van der Waals surface area contributed by atoms with Gasteiger partial charge in [0, 0.05) is 11.8 Å². The monoisotopic (exact) mass is 566 g/mol. The van der Waals surface area contributed by atoms with Crippen molar-refractivity contribution in [1.29, 1.82) is 0 Å². The average molecular weight is 568 g/mol. The van der Waals surface area contributed by atoms with Crippen LogP contribution in [0.25, 0.3) is 0 Å². The summed E-state index contributed by atoms with van der Waals surface area (Å²) in [5, 5.41) is 6.24. The summed E-state index contributed by atoms with van der Waals surface area (Å²) < 4.78 is 28.9. The summed E-state index contributed by atoms with van der Waals surface area (Å²) in [6.07, 6.45) is 1.13. The van der Waals surface area contributed by atoms with E-state index in [1.54, 1.807) is 12.1 Å². The van der Waals surface area contributed by atoms with Gasteiger partial charge in [-0.15, -0.1) is 0 Å². The number of para-hydroxylation sites is 1. The molecule has 0 heterocycles. The Morgan fingerprint density at radius 3 is 2.44 bits per heavy atom. The molecular weight excluding hydrogens is 540 g/mol. The van der Waals surface area contributed by atoms with E-state index in [2.05, 4.69) is 34.8 Å². The number of ether oxygens (including phenoxy) is 1. The Labute approximate surface area is 212 Å².